The lowest BCUT2D eigenvalue weighted by Crippen LogP contribution is -2.27. The van der Waals surface area contributed by atoms with Gasteiger partial charge in [0.2, 0.25) is 5.91 Å². The molecule has 4 nitrogen and oxygen atoms in total. The Morgan fingerprint density at radius 1 is 1.24 bits per heavy atom. The predicted molar refractivity (Wildman–Crippen MR) is 74.9 cm³/mol. The lowest BCUT2D eigenvalue weighted by atomic mass is 10.1. The second-order valence-corrected chi connectivity index (χ2v) is 4.38. The van der Waals surface area contributed by atoms with Crippen molar-refractivity contribution < 1.29 is 18.3 Å². The van der Waals surface area contributed by atoms with Gasteiger partial charge >= 0.3 is 0 Å². The number of nitrogens with one attached hydrogen (secondary N) is 1. The van der Waals surface area contributed by atoms with E-state index in [9.17, 15) is 13.6 Å². The number of hydrogen-bond donors (Lipinski definition) is 2. The van der Waals surface area contributed by atoms with E-state index in [0.29, 0.717) is 11.3 Å². The zero-order valence-electron chi connectivity index (χ0n) is 11.3. The van der Waals surface area contributed by atoms with E-state index in [-0.39, 0.29) is 5.75 Å². The summed E-state index contributed by atoms with van der Waals surface area (Å²) in [6.45, 7) is 0. The smallest absolute Gasteiger partial charge is 0.244 e. The van der Waals surface area contributed by atoms with Gasteiger partial charge in [-0.2, -0.15) is 0 Å². The molecule has 1 atom stereocenters. The molecule has 0 aliphatic heterocycles. The van der Waals surface area contributed by atoms with Gasteiger partial charge in [0, 0.05) is 5.69 Å². The van der Waals surface area contributed by atoms with Gasteiger partial charge in [0.05, 0.1) is 7.11 Å². The van der Waals surface area contributed by atoms with E-state index in [1.807, 2.05) is 0 Å². The Morgan fingerprint density at radius 2 is 2.00 bits per heavy atom. The van der Waals surface area contributed by atoms with Gasteiger partial charge in [0.1, 0.15) is 11.9 Å². The Balaban J connectivity index is 2.31. The van der Waals surface area contributed by atoms with E-state index in [1.54, 1.807) is 6.07 Å². The zero-order valence-corrected chi connectivity index (χ0v) is 11.3. The highest BCUT2D eigenvalue weighted by Gasteiger charge is 2.19. The van der Waals surface area contributed by atoms with E-state index in [1.165, 1.54) is 37.4 Å². The highest BCUT2D eigenvalue weighted by atomic mass is 19.1. The van der Waals surface area contributed by atoms with Crippen molar-refractivity contribution in [3.8, 4) is 5.75 Å². The summed E-state index contributed by atoms with van der Waals surface area (Å²) in [4.78, 5) is 11.6. The maximum Gasteiger partial charge on any atom is 0.244 e. The van der Waals surface area contributed by atoms with E-state index < -0.39 is 23.6 Å². The van der Waals surface area contributed by atoms with Crippen molar-refractivity contribution >= 4 is 11.6 Å². The van der Waals surface area contributed by atoms with Crippen LogP contribution in [0.25, 0.3) is 0 Å². The second-order valence-electron chi connectivity index (χ2n) is 4.38. The number of ether oxygens (including phenoxy) is 1. The third kappa shape index (κ3) is 3.47. The normalized spacial score (nSPS) is 11.8. The van der Waals surface area contributed by atoms with Crippen LogP contribution in [0.4, 0.5) is 14.5 Å². The van der Waals surface area contributed by atoms with Crippen LogP contribution in [0, 0.1) is 11.6 Å². The van der Waals surface area contributed by atoms with Gasteiger partial charge in [-0.15, -0.1) is 0 Å². The van der Waals surface area contributed by atoms with Crippen LogP contribution in [0.3, 0.4) is 0 Å². The average Bonchev–Trinajstić information content (AvgIpc) is 2.44. The Kier molecular flexibility index (Phi) is 4.37. The molecule has 21 heavy (non-hydrogen) atoms. The molecule has 0 saturated heterocycles. The molecule has 0 heterocycles. The molecule has 6 heteroatoms. The number of anilines is 1. The molecule has 0 spiro atoms. The lowest BCUT2D eigenvalue weighted by molar-refractivity contribution is -0.118. The number of nitrogens with two attached hydrogens (primary N) is 1. The fraction of sp³-hybridized carbons (Fsp3) is 0.133. The predicted octanol–water partition coefficient (Wildman–Crippen LogP) is 2.61. The Bertz CT molecular complexity index is 662. The molecule has 2 rings (SSSR count). The first-order chi connectivity index (χ1) is 10.0. The monoisotopic (exact) mass is 292 g/mol. The number of amides is 1. The summed E-state index contributed by atoms with van der Waals surface area (Å²) in [5.74, 6) is -1.71. The van der Waals surface area contributed by atoms with Crippen molar-refractivity contribution in [2.75, 3.05) is 12.4 Å². The SMILES string of the molecule is COc1ccc(C(Nc2cccc(F)c2)C(N)=O)cc1F. The average molecular weight is 292 g/mol. The third-order valence-electron chi connectivity index (χ3n) is 2.93. The molecular weight excluding hydrogens is 278 g/mol. The minimum atomic E-state index is -0.979. The minimum absolute atomic E-state index is 0.0627. The van der Waals surface area contributed by atoms with Crippen molar-refractivity contribution in [3.05, 3.63) is 59.7 Å². The standard InChI is InChI=1S/C15H14F2N2O2/c1-21-13-6-5-9(7-12(13)17)14(15(18)20)19-11-4-2-3-10(16)8-11/h2-8,14,19H,1H3,(H2,18,20). The molecule has 0 aliphatic rings. The molecule has 0 fully saturated rings. The van der Waals surface area contributed by atoms with Crippen LogP contribution >= 0.6 is 0 Å². The number of benzene rings is 2. The summed E-state index contributed by atoms with van der Waals surface area (Å²) in [6, 6.07) is 8.65. The molecule has 2 aromatic rings. The fourth-order valence-corrected chi connectivity index (χ4v) is 1.93. The van der Waals surface area contributed by atoms with Crippen molar-refractivity contribution in [1.29, 1.82) is 0 Å². The van der Waals surface area contributed by atoms with E-state index in [4.69, 9.17) is 10.5 Å². The largest absolute Gasteiger partial charge is 0.494 e. The number of halogens is 2. The number of rotatable bonds is 5. The topological polar surface area (TPSA) is 64.3 Å². The summed E-state index contributed by atoms with van der Waals surface area (Å²) < 4.78 is 31.7. The van der Waals surface area contributed by atoms with Crippen molar-refractivity contribution in [3.63, 3.8) is 0 Å². The van der Waals surface area contributed by atoms with E-state index in [2.05, 4.69) is 5.32 Å². The number of methoxy groups -OCH3 is 1. The van der Waals surface area contributed by atoms with Crippen LogP contribution in [0.5, 0.6) is 5.75 Å². The molecule has 0 aliphatic carbocycles. The molecule has 0 saturated carbocycles. The second kappa shape index (κ2) is 6.21. The van der Waals surface area contributed by atoms with Gasteiger partial charge in [-0.3, -0.25) is 4.79 Å². The first-order valence-corrected chi connectivity index (χ1v) is 6.16. The minimum Gasteiger partial charge on any atom is -0.494 e. The molecule has 1 unspecified atom stereocenters. The zero-order chi connectivity index (χ0) is 15.4. The molecule has 3 N–H and O–H groups in total. The van der Waals surface area contributed by atoms with Crippen molar-refractivity contribution in [1.82, 2.24) is 0 Å². The fourth-order valence-electron chi connectivity index (χ4n) is 1.93. The number of primary amides is 1. The molecule has 110 valence electrons. The van der Waals surface area contributed by atoms with Crippen molar-refractivity contribution in [2.45, 2.75) is 6.04 Å². The molecule has 0 radical (unpaired) electrons. The number of carbonyl (C=O) groups excluding carboxylic acids is 1. The maximum absolute atomic E-state index is 13.7. The lowest BCUT2D eigenvalue weighted by Gasteiger charge is -2.17. The Labute approximate surface area is 120 Å². The van der Waals surface area contributed by atoms with Gasteiger partial charge in [0.15, 0.2) is 11.6 Å². The molecule has 0 aromatic heterocycles. The highest BCUT2D eigenvalue weighted by molar-refractivity contribution is 5.84. The van der Waals surface area contributed by atoms with E-state index in [0.717, 1.165) is 6.07 Å². The van der Waals surface area contributed by atoms with Crippen LogP contribution in [0.15, 0.2) is 42.5 Å². The first-order valence-electron chi connectivity index (χ1n) is 6.16. The summed E-state index contributed by atoms with van der Waals surface area (Å²) in [5.41, 5.74) is 6.02. The van der Waals surface area contributed by atoms with Crippen LogP contribution < -0.4 is 15.8 Å². The van der Waals surface area contributed by atoms with Gasteiger partial charge in [-0.25, -0.2) is 8.78 Å². The van der Waals surface area contributed by atoms with Gasteiger partial charge in [-0.05, 0) is 35.9 Å². The van der Waals surface area contributed by atoms with Gasteiger partial charge in [-0.1, -0.05) is 12.1 Å². The van der Waals surface area contributed by atoms with Crippen LogP contribution in [0.2, 0.25) is 0 Å². The Hall–Kier alpha value is -2.63. The van der Waals surface area contributed by atoms with E-state index >= 15 is 0 Å². The quantitative estimate of drug-likeness (QED) is 0.890. The summed E-state index contributed by atoms with van der Waals surface area (Å²) in [7, 11) is 1.34. The summed E-state index contributed by atoms with van der Waals surface area (Å²) in [5, 5.41) is 2.78. The van der Waals surface area contributed by atoms with Crippen LogP contribution in [-0.4, -0.2) is 13.0 Å². The molecule has 1 amide bonds. The highest BCUT2D eigenvalue weighted by Crippen LogP contribution is 2.24. The maximum atomic E-state index is 13.7. The number of hydrogen-bond acceptors (Lipinski definition) is 3. The molecular formula is C15H14F2N2O2. The summed E-state index contributed by atoms with van der Waals surface area (Å²) >= 11 is 0. The molecule has 0 bridgehead atoms. The van der Waals surface area contributed by atoms with Crippen LogP contribution in [-0.2, 0) is 4.79 Å². The number of carbonyl (C=O) groups is 1. The Morgan fingerprint density at radius 3 is 2.57 bits per heavy atom. The van der Waals surface area contributed by atoms with Crippen molar-refractivity contribution in [2.24, 2.45) is 5.73 Å². The summed E-state index contributed by atoms with van der Waals surface area (Å²) in [6.07, 6.45) is 0. The van der Waals surface area contributed by atoms with Gasteiger partial charge in [0.25, 0.3) is 0 Å². The third-order valence-corrected chi connectivity index (χ3v) is 2.93. The van der Waals surface area contributed by atoms with Crippen LogP contribution in [0.1, 0.15) is 11.6 Å². The first kappa shape index (κ1) is 14.8. The van der Waals surface area contributed by atoms with Gasteiger partial charge < -0.3 is 15.8 Å². The molecule has 2 aromatic carbocycles.